The van der Waals surface area contributed by atoms with Crippen LogP contribution in [0.25, 0.3) is 21.8 Å². The van der Waals surface area contributed by atoms with Gasteiger partial charge in [-0.05, 0) is 60.2 Å². The van der Waals surface area contributed by atoms with E-state index in [1.54, 1.807) is 31.4 Å². The highest BCUT2D eigenvalue weighted by Crippen LogP contribution is 2.31. The molecule has 0 saturated carbocycles. The summed E-state index contributed by atoms with van der Waals surface area (Å²) < 4.78 is 10.7. The quantitative estimate of drug-likeness (QED) is 0.391. The van der Waals surface area contributed by atoms with Gasteiger partial charge in [-0.3, -0.25) is 0 Å². The molecule has 28 heavy (non-hydrogen) atoms. The SMILES string of the molecule is COc1ccc2nc3ccc(COC(=O)c4ccc(Cl)cc4)cc3c(N)c2c1. The van der Waals surface area contributed by atoms with E-state index in [0.29, 0.717) is 22.0 Å². The number of fused-ring (bicyclic) bond motifs is 2. The number of rotatable bonds is 4. The summed E-state index contributed by atoms with van der Waals surface area (Å²) in [6.07, 6.45) is 0. The van der Waals surface area contributed by atoms with Crippen LogP contribution in [0.5, 0.6) is 5.75 Å². The van der Waals surface area contributed by atoms with Crippen LogP contribution in [-0.4, -0.2) is 18.1 Å². The number of nitrogens with two attached hydrogens (primary N) is 1. The Hall–Kier alpha value is -3.31. The number of anilines is 1. The molecule has 2 N–H and O–H groups in total. The van der Waals surface area contributed by atoms with Crippen molar-refractivity contribution in [2.75, 3.05) is 12.8 Å². The van der Waals surface area contributed by atoms with Crippen LogP contribution in [0.3, 0.4) is 0 Å². The lowest BCUT2D eigenvalue weighted by Crippen LogP contribution is -2.05. The zero-order valence-corrected chi connectivity index (χ0v) is 15.9. The Bertz CT molecular complexity index is 1190. The van der Waals surface area contributed by atoms with E-state index in [4.69, 9.17) is 26.8 Å². The van der Waals surface area contributed by atoms with E-state index in [1.165, 1.54) is 0 Å². The average Bonchev–Trinajstić information content (AvgIpc) is 2.72. The fraction of sp³-hybridized carbons (Fsp3) is 0.0909. The summed E-state index contributed by atoms with van der Waals surface area (Å²) in [7, 11) is 1.61. The zero-order chi connectivity index (χ0) is 19.7. The van der Waals surface area contributed by atoms with E-state index in [2.05, 4.69) is 4.98 Å². The molecule has 0 radical (unpaired) electrons. The predicted octanol–water partition coefficient (Wildman–Crippen LogP) is 4.99. The molecule has 0 aliphatic rings. The topological polar surface area (TPSA) is 74.4 Å². The van der Waals surface area contributed by atoms with E-state index >= 15 is 0 Å². The van der Waals surface area contributed by atoms with E-state index in [9.17, 15) is 4.79 Å². The van der Waals surface area contributed by atoms with Crippen molar-refractivity contribution in [3.8, 4) is 5.75 Å². The maximum atomic E-state index is 12.2. The maximum absolute atomic E-state index is 12.2. The van der Waals surface area contributed by atoms with Gasteiger partial charge in [-0.1, -0.05) is 17.7 Å². The summed E-state index contributed by atoms with van der Waals surface area (Å²) in [5.41, 5.74) is 9.86. The van der Waals surface area contributed by atoms with E-state index in [1.807, 2.05) is 36.4 Å². The molecule has 0 amide bonds. The Morgan fingerprint density at radius 1 is 1.00 bits per heavy atom. The second kappa shape index (κ2) is 7.37. The number of hydrogen-bond acceptors (Lipinski definition) is 5. The Kier molecular flexibility index (Phi) is 4.75. The second-order valence-corrected chi connectivity index (χ2v) is 6.78. The summed E-state index contributed by atoms with van der Waals surface area (Å²) in [5, 5.41) is 2.20. The zero-order valence-electron chi connectivity index (χ0n) is 15.1. The largest absolute Gasteiger partial charge is 0.497 e. The fourth-order valence-corrected chi connectivity index (χ4v) is 3.16. The molecule has 0 bridgehead atoms. The molecular weight excluding hydrogens is 376 g/mol. The van der Waals surface area contributed by atoms with Crippen LogP contribution >= 0.6 is 11.6 Å². The van der Waals surface area contributed by atoms with Crippen molar-refractivity contribution >= 4 is 45.1 Å². The van der Waals surface area contributed by atoms with Crippen molar-refractivity contribution in [3.05, 3.63) is 76.8 Å². The lowest BCUT2D eigenvalue weighted by molar-refractivity contribution is 0.0473. The number of aromatic nitrogens is 1. The van der Waals surface area contributed by atoms with Gasteiger partial charge in [-0.15, -0.1) is 0 Å². The molecule has 0 unspecified atom stereocenters. The van der Waals surface area contributed by atoms with Crippen LogP contribution in [0.1, 0.15) is 15.9 Å². The van der Waals surface area contributed by atoms with Crippen LogP contribution in [0, 0.1) is 0 Å². The molecule has 0 aliphatic carbocycles. The molecule has 5 nitrogen and oxygen atoms in total. The number of carbonyl (C=O) groups is 1. The first-order valence-electron chi connectivity index (χ1n) is 8.64. The molecular formula is C22H17ClN2O3. The van der Waals surface area contributed by atoms with Gasteiger partial charge in [0, 0.05) is 15.8 Å². The first-order chi connectivity index (χ1) is 13.5. The van der Waals surface area contributed by atoms with Gasteiger partial charge >= 0.3 is 5.97 Å². The summed E-state index contributed by atoms with van der Waals surface area (Å²) >= 11 is 5.84. The molecule has 140 valence electrons. The van der Waals surface area contributed by atoms with Crippen molar-refractivity contribution in [2.45, 2.75) is 6.61 Å². The van der Waals surface area contributed by atoms with Crippen molar-refractivity contribution in [1.29, 1.82) is 0 Å². The number of pyridine rings is 1. The van der Waals surface area contributed by atoms with Crippen LogP contribution in [-0.2, 0) is 11.3 Å². The smallest absolute Gasteiger partial charge is 0.338 e. The van der Waals surface area contributed by atoms with Gasteiger partial charge in [0.1, 0.15) is 12.4 Å². The van der Waals surface area contributed by atoms with Gasteiger partial charge in [-0.25, -0.2) is 9.78 Å². The molecule has 4 aromatic rings. The molecule has 1 aromatic heterocycles. The molecule has 3 aromatic carbocycles. The molecule has 0 aliphatic heterocycles. The molecule has 0 atom stereocenters. The van der Waals surface area contributed by atoms with Gasteiger partial charge in [-0.2, -0.15) is 0 Å². The third-order valence-corrected chi connectivity index (χ3v) is 4.79. The minimum atomic E-state index is -0.411. The van der Waals surface area contributed by atoms with Crippen molar-refractivity contribution in [3.63, 3.8) is 0 Å². The van der Waals surface area contributed by atoms with Gasteiger partial charge < -0.3 is 15.2 Å². The number of esters is 1. The normalized spacial score (nSPS) is 10.9. The first kappa shape index (κ1) is 18.1. The number of halogens is 1. The molecule has 0 spiro atoms. The number of nitrogen functional groups attached to an aromatic ring is 1. The molecule has 6 heteroatoms. The third kappa shape index (κ3) is 3.44. The lowest BCUT2D eigenvalue weighted by atomic mass is 10.1. The lowest BCUT2D eigenvalue weighted by Gasteiger charge is -2.10. The average molecular weight is 393 g/mol. The van der Waals surface area contributed by atoms with Gasteiger partial charge in [0.05, 0.1) is 29.4 Å². The van der Waals surface area contributed by atoms with Gasteiger partial charge in [0.25, 0.3) is 0 Å². The van der Waals surface area contributed by atoms with E-state index < -0.39 is 5.97 Å². The number of methoxy groups -OCH3 is 1. The second-order valence-electron chi connectivity index (χ2n) is 6.34. The number of ether oxygens (including phenoxy) is 2. The highest BCUT2D eigenvalue weighted by Gasteiger charge is 2.11. The summed E-state index contributed by atoms with van der Waals surface area (Å²) in [4.78, 5) is 16.8. The highest BCUT2D eigenvalue weighted by atomic mass is 35.5. The van der Waals surface area contributed by atoms with Crippen LogP contribution in [0.4, 0.5) is 5.69 Å². The number of nitrogens with zero attached hydrogens (tertiary/aromatic N) is 1. The Balaban J connectivity index is 1.63. The monoisotopic (exact) mass is 392 g/mol. The molecule has 0 saturated heterocycles. The van der Waals surface area contributed by atoms with Gasteiger partial charge in [0.15, 0.2) is 0 Å². The molecule has 4 rings (SSSR count). The number of hydrogen-bond donors (Lipinski definition) is 1. The van der Waals surface area contributed by atoms with Crippen LogP contribution in [0.15, 0.2) is 60.7 Å². The Labute approximate surface area is 166 Å². The summed E-state index contributed by atoms with van der Waals surface area (Å²) in [5.74, 6) is 0.305. The third-order valence-electron chi connectivity index (χ3n) is 4.54. The van der Waals surface area contributed by atoms with Crippen molar-refractivity contribution in [2.24, 2.45) is 0 Å². The van der Waals surface area contributed by atoms with Crippen molar-refractivity contribution < 1.29 is 14.3 Å². The standard InChI is InChI=1S/C22H17ClN2O3/c1-27-16-7-9-20-18(11-16)21(24)17-10-13(2-8-19(17)25-20)12-28-22(26)14-3-5-15(23)6-4-14/h2-11H,12H2,1H3,(H2,24,25). The molecule has 0 fully saturated rings. The molecule has 1 heterocycles. The first-order valence-corrected chi connectivity index (χ1v) is 9.01. The summed E-state index contributed by atoms with van der Waals surface area (Å²) in [6.45, 7) is 0.132. The van der Waals surface area contributed by atoms with E-state index in [-0.39, 0.29) is 6.61 Å². The minimum absolute atomic E-state index is 0.132. The Morgan fingerprint density at radius 2 is 1.68 bits per heavy atom. The number of carbonyl (C=O) groups excluding carboxylic acids is 1. The highest BCUT2D eigenvalue weighted by molar-refractivity contribution is 6.30. The van der Waals surface area contributed by atoms with Gasteiger partial charge in [0.2, 0.25) is 0 Å². The van der Waals surface area contributed by atoms with Crippen molar-refractivity contribution in [1.82, 2.24) is 4.98 Å². The maximum Gasteiger partial charge on any atom is 0.338 e. The fourth-order valence-electron chi connectivity index (χ4n) is 3.03. The Morgan fingerprint density at radius 3 is 2.39 bits per heavy atom. The van der Waals surface area contributed by atoms with E-state index in [0.717, 1.165) is 27.4 Å². The summed E-state index contributed by atoms with van der Waals surface area (Å²) in [6, 6.07) is 17.8. The van der Waals surface area contributed by atoms with Crippen LogP contribution in [0.2, 0.25) is 5.02 Å². The predicted molar refractivity (Wildman–Crippen MR) is 111 cm³/mol. The van der Waals surface area contributed by atoms with Crippen LogP contribution < -0.4 is 10.5 Å². The number of benzene rings is 3. The minimum Gasteiger partial charge on any atom is -0.497 e.